The minimum Gasteiger partial charge on any atom is -0.313 e. The highest BCUT2D eigenvalue weighted by molar-refractivity contribution is 6.73. The normalized spacial score (nSPS) is 24.1. The van der Waals surface area contributed by atoms with Crippen molar-refractivity contribution in [3.63, 3.8) is 0 Å². The van der Waals surface area contributed by atoms with Gasteiger partial charge in [-0.1, -0.05) is 25.3 Å². The predicted molar refractivity (Wildman–Crippen MR) is 45.3 cm³/mol. The Hall–Kier alpha value is -0.113. The standard InChI is InChI=1S/C8H15FSi/c1-2-6-10(9)7-4-3-5-8-10/h2H,1,3-8H2. The van der Waals surface area contributed by atoms with Gasteiger partial charge in [0.15, 0.2) is 0 Å². The van der Waals surface area contributed by atoms with Crippen LogP contribution in [0.5, 0.6) is 0 Å². The molecule has 0 nitrogen and oxygen atoms in total. The van der Waals surface area contributed by atoms with Crippen LogP contribution in [0.25, 0.3) is 0 Å². The number of hydrogen-bond donors (Lipinski definition) is 0. The Morgan fingerprint density at radius 2 is 1.90 bits per heavy atom. The van der Waals surface area contributed by atoms with Gasteiger partial charge in [-0.05, 0) is 18.1 Å². The first-order valence-corrected chi connectivity index (χ1v) is 6.57. The zero-order chi connectivity index (χ0) is 7.45. The fourth-order valence-electron chi connectivity index (χ4n) is 1.65. The average molecular weight is 158 g/mol. The topological polar surface area (TPSA) is 0 Å². The van der Waals surface area contributed by atoms with Crippen LogP contribution in [0.15, 0.2) is 12.7 Å². The molecular formula is C8H15FSi. The zero-order valence-corrected chi connectivity index (χ0v) is 7.41. The Morgan fingerprint density at radius 3 is 2.40 bits per heavy atom. The van der Waals surface area contributed by atoms with Crippen molar-refractivity contribution in [1.29, 1.82) is 0 Å². The van der Waals surface area contributed by atoms with E-state index < -0.39 is 8.41 Å². The average Bonchev–Trinajstić information content (AvgIpc) is 1.89. The minimum atomic E-state index is -2.25. The van der Waals surface area contributed by atoms with E-state index >= 15 is 0 Å². The van der Waals surface area contributed by atoms with Gasteiger partial charge in [-0.15, -0.1) is 6.58 Å². The van der Waals surface area contributed by atoms with Crippen LogP contribution >= 0.6 is 0 Å². The van der Waals surface area contributed by atoms with Crippen LogP contribution in [-0.4, -0.2) is 8.41 Å². The van der Waals surface area contributed by atoms with E-state index in [4.69, 9.17) is 0 Å². The van der Waals surface area contributed by atoms with Crippen molar-refractivity contribution in [2.24, 2.45) is 0 Å². The fourth-order valence-corrected chi connectivity index (χ4v) is 4.59. The molecule has 0 unspecified atom stereocenters. The van der Waals surface area contributed by atoms with Crippen molar-refractivity contribution in [2.75, 3.05) is 0 Å². The summed E-state index contributed by atoms with van der Waals surface area (Å²) < 4.78 is 13.6. The highest BCUT2D eigenvalue weighted by Gasteiger charge is 2.33. The van der Waals surface area contributed by atoms with Gasteiger partial charge in [0.05, 0.1) is 0 Å². The summed E-state index contributed by atoms with van der Waals surface area (Å²) in [4.78, 5) is 0. The van der Waals surface area contributed by atoms with Crippen LogP contribution in [0.4, 0.5) is 4.11 Å². The van der Waals surface area contributed by atoms with Crippen molar-refractivity contribution < 1.29 is 4.11 Å². The summed E-state index contributed by atoms with van der Waals surface area (Å²) in [6.07, 6.45) is 5.25. The lowest BCUT2D eigenvalue weighted by atomic mass is 10.3. The van der Waals surface area contributed by atoms with Crippen LogP contribution in [0.3, 0.4) is 0 Å². The fraction of sp³-hybridized carbons (Fsp3) is 0.750. The van der Waals surface area contributed by atoms with Gasteiger partial charge in [0.1, 0.15) is 0 Å². The van der Waals surface area contributed by atoms with Crippen LogP contribution in [0.2, 0.25) is 18.1 Å². The SMILES string of the molecule is C=CC[Si]1(F)CCCCC1. The van der Waals surface area contributed by atoms with Gasteiger partial charge in [-0.3, -0.25) is 0 Å². The molecule has 0 aromatic rings. The lowest BCUT2D eigenvalue weighted by molar-refractivity contribution is 0.632. The van der Waals surface area contributed by atoms with Crippen molar-refractivity contribution >= 4 is 8.41 Å². The first kappa shape index (κ1) is 7.99. The number of allylic oxidation sites excluding steroid dienone is 1. The minimum absolute atomic E-state index is 0.688. The molecule has 0 aromatic carbocycles. The maximum Gasteiger partial charge on any atom is 0.250 e. The highest BCUT2D eigenvalue weighted by atomic mass is 28.4. The van der Waals surface area contributed by atoms with E-state index in [9.17, 15) is 4.11 Å². The van der Waals surface area contributed by atoms with Gasteiger partial charge in [-0.2, -0.15) is 0 Å². The smallest absolute Gasteiger partial charge is 0.250 e. The molecule has 1 saturated heterocycles. The Kier molecular flexibility index (Phi) is 2.66. The number of rotatable bonds is 2. The van der Waals surface area contributed by atoms with Crippen LogP contribution < -0.4 is 0 Å². The summed E-state index contributed by atoms with van der Waals surface area (Å²) in [5.41, 5.74) is 0. The highest BCUT2D eigenvalue weighted by Crippen LogP contribution is 2.32. The van der Waals surface area contributed by atoms with Gasteiger partial charge in [0, 0.05) is 0 Å². The molecule has 58 valence electrons. The van der Waals surface area contributed by atoms with E-state index in [0.717, 1.165) is 24.9 Å². The second-order valence-corrected chi connectivity index (χ2v) is 6.91. The van der Waals surface area contributed by atoms with Crippen molar-refractivity contribution in [3.05, 3.63) is 12.7 Å². The molecule has 1 aliphatic rings. The van der Waals surface area contributed by atoms with E-state index in [-0.39, 0.29) is 0 Å². The van der Waals surface area contributed by atoms with Gasteiger partial charge in [-0.25, -0.2) is 0 Å². The molecule has 0 bridgehead atoms. The first-order chi connectivity index (χ1) is 4.77. The summed E-state index contributed by atoms with van der Waals surface area (Å²) >= 11 is 0. The lowest BCUT2D eigenvalue weighted by Gasteiger charge is -2.24. The second kappa shape index (κ2) is 3.33. The van der Waals surface area contributed by atoms with E-state index in [1.807, 2.05) is 0 Å². The third-order valence-corrected chi connectivity index (χ3v) is 5.78. The van der Waals surface area contributed by atoms with E-state index in [0.29, 0.717) is 6.04 Å². The van der Waals surface area contributed by atoms with Crippen molar-refractivity contribution in [1.82, 2.24) is 0 Å². The molecule has 0 aliphatic carbocycles. The molecular weight excluding hydrogens is 143 g/mol. The predicted octanol–water partition coefficient (Wildman–Crippen LogP) is 3.27. The number of hydrogen-bond acceptors (Lipinski definition) is 0. The third kappa shape index (κ3) is 1.94. The zero-order valence-electron chi connectivity index (χ0n) is 6.41. The Labute approximate surface area is 63.3 Å². The number of halogens is 1. The first-order valence-electron chi connectivity index (χ1n) is 4.07. The van der Waals surface area contributed by atoms with Crippen LogP contribution in [0.1, 0.15) is 19.3 Å². The van der Waals surface area contributed by atoms with Gasteiger partial charge in [0.25, 0.3) is 8.41 Å². The quantitative estimate of drug-likeness (QED) is 0.329. The molecule has 2 heteroatoms. The summed E-state index contributed by atoms with van der Waals surface area (Å²) in [6, 6.07) is 2.46. The van der Waals surface area contributed by atoms with Gasteiger partial charge in [0.2, 0.25) is 0 Å². The second-order valence-electron chi connectivity index (χ2n) is 3.20. The monoisotopic (exact) mass is 158 g/mol. The molecule has 0 radical (unpaired) electrons. The molecule has 0 saturated carbocycles. The Balaban J connectivity index is 2.39. The van der Waals surface area contributed by atoms with E-state index in [2.05, 4.69) is 6.58 Å². The molecule has 10 heavy (non-hydrogen) atoms. The molecule has 0 amide bonds. The summed E-state index contributed by atoms with van der Waals surface area (Å²) in [6.45, 7) is 3.59. The molecule has 0 atom stereocenters. The summed E-state index contributed by atoms with van der Waals surface area (Å²) in [5, 5.41) is 0. The molecule has 0 spiro atoms. The Bertz CT molecular complexity index is 116. The molecule has 1 aliphatic heterocycles. The van der Waals surface area contributed by atoms with Crippen LogP contribution in [0, 0.1) is 0 Å². The molecule has 1 heterocycles. The van der Waals surface area contributed by atoms with E-state index in [1.54, 1.807) is 6.08 Å². The van der Waals surface area contributed by atoms with Crippen molar-refractivity contribution in [2.45, 2.75) is 37.4 Å². The van der Waals surface area contributed by atoms with Crippen LogP contribution in [-0.2, 0) is 0 Å². The van der Waals surface area contributed by atoms with Gasteiger partial charge >= 0.3 is 0 Å². The third-order valence-electron chi connectivity index (χ3n) is 2.26. The summed E-state index contributed by atoms with van der Waals surface area (Å²) in [5.74, 6) is 0. The molecule has 0 N–H and O–H groups in total. The van der Waals surface area contributed by atoms with Gasteiger partial charge < -0.3 is 4.11 Å². The largest absolute Gasteiger partial charge is 0.313 e. The maximum atomic E-state index is 13.6. The van der Waals surface area contributed by atoms with Crippen molar-refractivity contribution in [3.8, 4) is 0 Å². The maximum absolute atomic E-state index is 13.6. The molecule has 0 aromatic heterocycles. The Morgan fingerprint density at radius 1 is 1.30 bits per heavy atom. The molecule has 1 fully saturated rings. The van der Waals surface area contributed by atoms with E-state index in [1.165, 1.54) is 6.42 Å². The molecule has 1 rings (SSSR count). The summed E-state index contributed by atoms with van der Waals surface area (Å²) in [7, 11) is -2.25. The lowest BCUT2D eigenvalue weighted by Crippen LogP contribution is -2.29.